The Labute approximate surface area is 101 Å². The Balaban J connectivity index is 2.10. The van der Waals surface area contributed by atoms with Crippen molar-refractivity contribution < 1.29 is 9.26 Å². The summed E-state index contributed by atoms with van der Waals surface area (Å²) in [5.74, 6) is 0.537. The molecule has 2 rings (SSSR count). The van der Waals surface area contributed by atoms with E-state index >= 15 is 0 Å². The monoisotopic (exact) mass is 234 g/mol. The average Bonchev–Trinajstić information content (AvgIpc) is 2.69. The Morgan fingerprint density at radius 1 is 1.47 bits per heavy atom. The van der Waals surface area contributed by atoms with Gasteiger partial charge in [-0.15, -0.1) is 0 Å². The summed E-state index contributed by atoms with van der Waals surface area (Å²) in [4.78, 5) is 0. The van der Waals surface area contributed by atoms with E-state index in [4.69, 9.17) is 15.0 Å². The molecule has 0 bridgehead atoms. The molecule has 0 aliphatic heterocycles. The number of hydrogen-bond donors (Lipinski definition) is 1. The van der Waals surface area contributed by atoms with Crippen LogP contribution in [0.2, 0.25) is 0 Å². The number of nitrogens with two attached hydrogens (primary N) is 1. The largest absolute Gasteiger partial charge is 0.473 e. The lowest BCUT2D eigenvalue weighted by Crippen LogP contribution is -2.27. The molecule has 2 aromatic rings. The van der Waals surface area contributed by atoms with Crippen LogP contribution in [0.4, 0.5) is 0 Å². The standard InChI is InChI=1S/C13H18N2O2/c1-3-4-10(14)8-16-13-11-7-9(2)5-6-12(11)17-15-13/h5-7,10H,3-4,8,14H2,1-2H3. The summed E-state index contributed by atoms with van der Waals surface area (Å²) in [7, 11) is 0. The van der Waals surface area contributed by atoms with Crippen molar-refractivity contribution in [3.05, 3.63) is 23.8 Å². The number of nitrogens with zero attached hydrogens (tertiary/aromatic N) is 1. The molecule has 0 spiro atoms. The van der Waals surface area contributed by atoms with Gasteiger partial charge in [0.2, 0.25) is 0 Å². The molecule has 4 nitrogen and oxygen atoms in total. The molecule has 1 aromatic carbocycles. The molecular weight excluding hydrogens is 216 g/mol. The number of benzene rings is 1. The van der Waals surface area contributed by atoms with Gasteiger partial charge in [0.15, 0.2) is 5.58 Å². The maximum Gasteiger partial charge on any atom is 0.262 e. The molecule has 17 heavy (non-hydrogen) atoms. The first kappa shape index (κ1) is 11.9. The fraction of sp³-hybridized carbons (Fsp3) is 0.462. The molecule has 1 unspecified atom stereocenters. The number of hydrogen-bond acceptors (Lipinski definition) is 4. The summed E-state index contributed by atoms with van der Waals surface area (Å²) in [5.41, 5.74) is 7.79. The summed E-state index contributed by atoms with van der Waals surface area (Å²) < 4.78 is 10.8. The highest BCUT2D eigenvalue weighted by atomic mass is 16.5. The van der Waals surface area contributed by atoms with Gasteiger partial charge in [0.1, 0.15) is 6.61 Å². The molecule has 92 valence electrons. The lowest BCUT2D eigenvalue weighted by Gasteiger charge is -2.09. The number of rotatable bonds is 5. The second-order valence-corrected chi connectivity index (χ2v) is 4.35. The third-order valence-electron chi connectivity index (χ3n) is 2.69. The summed E-state index contributed by atoms with van der Waals surface area (Å²) in [6, 6.07) is 5.94. The maximum absolute atomic E-state index is 5.89. The minimum atomic E-state index is 0.0524. The van der Waals surface area contributed by atoms with Crippen LogP contribution in [0.1, 0.15) is 25.3 Å². The Bertz CT molecular complexity index is 493. The number of ether oxygens (including phenoxy) is 1. The Hall–Kier alpha value is -1.55. The first-order valence-corrected chi connectivity index (χ1v) is 5.95. The van der Waals surface area contributed by atoms with Crippen molar-refractivity contribution in [2.75, 3.05) is 6.61 Å². The highest BCUT2D eigenvalue weighted by Gasteiger charge is 2.10. The van der Waals surface area contributed by atoms with Crippen molar-refractivity contribution in [2.45, 2.75) is 32.7 Å². The van der Waals surface area contributed by atoms with E-state index in [0.29, 0.717) is 12.5 Å². The quantitative estimate of drug-likeness (QED) is 0.863. The summed E-state index contributed by atoms with van der Waals surface area (Å²) >= 11 is 0. The molecule has 0 amide bonds. The molecule has 2 N–H and O–H groups in total. The normalized spacial score (nSPS) is 12.9. The summed E-state index contributed by atoms with van der Waals surface area (Å²) in [6.45, 7) is 4.61. The van der Waals surface area contributed by atoms with Gasteiger partial charge < -0.3 is 15.0 Å². The number of aromatic nitrogens is 1. The van der Waals surface area contributed by atoms with Crippen LogP contribution in [0.15, 0.2) is 22.7 Å². The fourth-order valence-electron chi connectivity index (χ4n) is 1.77. The molecular formula is C13H18N2O2. The Kier molecular flexibility index (Phi) is 3.64. The van der Waals surface area contributed by atoms with Gasteiger partial charge >= 0.3 is 0 Å². The van der Waals surface area contributed by atoms with E-state index in [2.05, 4.69) is 12.1 Å². The molecule has 0 radical (unpaired) electrons. The van der Waals surface area contributed by atoms with Crippen LogP contribution in [0.5, 0.6) is 5.88 Å². The van der Waals surface area contributed by atoms with E-state index in [1.807, 2.05) is 25.1 Å². The van der Waals surface area contributed by atoms with Gasteiger partial charge in [-0.3, -0.25) is 0 Å². The molecule has 0 aliphatic carbocycles. The average molecular weight is 234 g/mol. The lowest BCUT2D eigenvalue weighted by atomic mass is 10.2. The smallest absolute Gasteiger partial charge is 0.262 e. The zero-order valence-corrected chi connectivity index (χ0v) is 10.3. The van der Waals surface area contributed by atoms with Crippen molar-refractivity contribution in [1.29, 1.82) is 0 Å². The third kappa shape index (κ3) is 2.77. The second kappa shape index (κ2) is 5.19. The molecule has 0 fully saturated rings. The van der Waals surface area contributed by atoms with Gasteiger partial charge in [-0.1, -0.05) is 25.0 Å². The van der Waals surface area contributed by atoms with Crippen LogP contribution >= 0.6 is 0 Å². The van der Waals surface area contributed by atoms with Crippen molar-refractivity contribution in [2.24, 2.45) is 5.73 Å². The van der Waals surface area contributed by atoms with Crippen LogP contribution < -0.4 is 10.5 Å². The van der Waals surface area contributed by atoms with E-state index in [1.165, 1.54) is 0 Å². The van der Waals surface area contributed by atoms with E-state index in [0.717, 1.165) is 29.4 Å². The molecule has 4 heteroatoms. The van der Waals surface area contributed by atoms with E-state index in [9.17, 15) is 0 Å². The van der Waals surface area contributed by atoms with Crippen molar-refractivity contribution in [3.8, 4) is 5.88 Å². The van der Waals surface area contributed by atoms with Gasteiger partial charge in [-0.2, -0.15) is 0 Å². The van der Waals surface area contributed by atoms with Gasteiger partial charge in [-0.05, 0) is 30.6 Å². The summed E-state index contributed by atoms with van der Waals surface area (Å²) in [5, 5.41) is 4.83. The Morgan fingerprint density at radius 2 is 2.29 bits per heavy atom. The summed E-state index contributed by atoms with van der Waals surface area (Å²) in [6.07, 6.45) is 2.01. The number of fused-ring (bicyclic) bond motifs is 1. The zero-order valence-electron chi connectivity index (χ0n) is 10.3. The van der Waals surface area contributed by atoms with E-state index in [-0.39, 0.29) is 6.04 Å². The molecule has 1 atom stereocenters. The topological polar surface area (TPSA) is 61.3 Å². The predicted molar refractivity (Wildman–Crippen MR) is 67.1 cm³/mol. The van der Waals surface area contributed by atoms with Gasteiger partial charge in [0.05, 0.1) is 5.39 Å². The second-order valence-electron chi connectivity index (χ2n) is 4.35. The zero-order chi connectivity index (χ0) is 12.3. The van der Waals surface area contributed by atoms with E-state index < -0.39 is 0 Å². The Morgan fingerprint density at radius 3 is 3.06 bits per heavy atom. The first-order chi connectivity index (χ1) is 8.20. The molecule has 1 heterocycles. The van der Waals surface area contributed by atoms with Crippen LogP contribution in [-0.4, -0.2) is 17.8 Å². The van der Waals surface area contributed by atoms with Crippen LogP contribution in [0, 0.1) is 6.92 Å². The minimum absolute atomic E-state index is 0.0524. The van der Waals surface area contributed by atoms with Gasteiger partial charge in [0.25, 0.3) is 5.88 Å². The lowest BCUT2D eigenvalue weighted by molar-refractivity contribution is 0.257. The van der Waals surface area contributed by atoms with Crippen LogP contribution in [0.25, 0.3) is 11.0 Å². The first-order valence-electron chi connectivity index (χ1n) is 5.95. The molecule has 0 saturated carbocycles. The number of aryl methyl sites for hydroxylation is 1. The van der Waals surface area contributed by atoms with Gasteiger partial charge in [-0.25, -0.2) is 0 Å². The highest BCUT2D eigenvalue weighted by Crippen LogP contribution is 2.25. The predicted octanol–water partition coefficient (Wildman–Crippen LogP) is 2.64. The van der Waals surface area contributed by atoms with Crippen molar-refractivity contribution in [1.82, 2.24) is 5.16 Å². The molecule has 1 aromatic heterocycles. The van der Waals surface area contributed by atoms with Crippen LogP contribution in [-0.2, 0) is 0 Å². The molecule has 0 aliphatic rings. The SMILES string of the molecule is CCCC(N)COc1noc2ccc(C)cc12. The van der Waals surface area contributed by atoms with Crippen LogP contribution in [0.3, 0.4) is 0 Å². The van der Waals surface area contributed by atoms with Crippen molar-refractivity contribution in [3.63, 3.8) is 0 Å². The van der Waals surface area contributed by atoms with Gasteiger partial charge in [0, 0.05) is 6.04 Å². The van der Waals surface area contributed by atoms with Crippen molar-refractivity contribution >= 4 is 11.0 Å². The molecule has 0 saturated heterocycles. The maximum atomic E-state index is 5.89. The van der Waals surface area contributed by atoms with E-state index in [1.54, 1.807) is 0 Å². The minimum Gasteiger partial charge on any atom is -0.473 e. The fourth-order valence-corrected chi connectivity index (χ4v) is 1.77. The highest BCUT2D eigenvalue weighted by molar-refractivity contribution is 5.82. The third-order valence-corrected chi connectivity index (χ3v) is 2.69.